The molecule has 0 saturated heterocycles. The van der Waals surface area contributed by atoms with Gasteiger partial charge in [0, 0.05) is 16.9 Å². The van der Waals surface area contributed by atoms with Gasteiger partial charge >= 0.3 is 0 Å². The average Bonchev–Trinajstić information content (AvgIpc) is 3.07. The Kier molecular flexibility index (Phi) is 7.32. The fraction of sp³-hybridized carbons (Fsp3) is 0.179. The maximum absolute atomic E-state index is 13.0. The summed E-state index contributed by atoms with van der Waals surface area (Å²) in [4.78, 5) is 39.4. The molecule has 1 aliphatic rings. The topological polar surface area (TPSA) is 78.5 Å². The van der Waals surface area contributed by atoms with Crippen molar-refractivity contribution in [2.24, 2.45) is 0 Å². The molecule has 0 fully saturated rings. The van der Waals surface area contributed by atoms with Gasteiger partial charge in [-0.25, -0.2) is 4.90 Å². The minimum atomic E-state index is -0.579. The van der Waals surface area contributed by atoms with Gasteiger partial charge in [0.15, 0.2) is 0 Å². The van der Waals surface area contributed by atoms with Crippen molar-refractivity contribution < 1.29 is 14.4 Å². The number of unbranched alkanes of at least 4 members (excludes halogenated alkanes) is 1. The number of hydrogen-bond acceptors (Lipinski definition) is 4. The zero-order valence-electron chi connectivity index (χ0n) is 19.6. The second-order valence-electron chi connectivity index (χ2n) is 8.38. The highest BCUT2D eigenvalue weighted by Gasteiger charge is 2.39. The number of carbonyl (C=O) groups is 3. The second kappa shape index (κ2) is 10.6. The first-order valence-electron chi connectivity index (χ1n) is 11.5. The lowest BCUT2D eigenvalue weighted by Gasteiger charge is -2.17. The average molecular weight is 488 g/mol. The predicted octanol–water partition coefficient (Wildman–Crippen LogP) is 6.03. The third-order valence-corrected chi connectivity index (χ3v) is 6.18. The molecule has 1 heterocycles. The zero-order valence-corrected chi connectivity index (χ0v) is 20.4. The molecule has 3 aromatic carbocycles. The molecular formula is C28H26ClN3O3. The SMILES string of the molecule is CCCCc1ccc(NC(=O)c2ccc(NC3=C(Cl)C(=O)N(c4ccccc4C)C3=O)cc2)cc1. The number of halogens is 1. The number of nitrogens with one attached hydrogen (secondary N) is 2. The van der Waals surface area contributed by atoms with Gasteiger partial charge in [0.05, 0.1) is 5.69 Å². The van der Waals surface area contributed by atoms with Crippen LogP contribution in [0.2, 0.25) is 0 Å². The molecule has 4 rings (SSSR count). The van der Waals surface area contributed by atoms with Crippen LogP contribution in [0.15, 0.2) is 83.5 Å². The lowest BCUT2D eigenvalue weighted by atomic mass is 10.1. The number of aryl methyl sites for hydroxylation is 2. The number of anilines is 3. The molecule has 0 radical (unpaired) electrons. The molecule has 0 aromatic heterocycles. The fourth-order valence-electron chi connectivity index (χ4n) is 3.83. The summed E-state index contributed by atoms with van der Waals surface area (Å²) < 4.78 is 0. The van der Waals surface area contributed by atoms with Crippen LogP contribution in [0.3, 0.4) is 0 Å². The summed E-state index contributed by atoms with van der Waals surface area (Å²) in [6.07, 6.45) is 3.30. The third kappa shape index (κ3) is 5.28. The molecule has 0 saturated carbocycles. The largest absolute Gasteiger partial charge is 0.350 e. The van der Waals surface area contributed by atoms with Gasteiger partial charge in [0.2, 0.25) is 0 Å². The summed E-state index contributed by atoms with van der Waals surface area (Å²) in [6, 6.07) is 21.6. The van der Waals surface area contributed by atoms with Crippen LogP contribution in [0.5, 0.6) is 0 Å². The van der Waals surface area contributed by atoms with E-state index in [1.165, 1.54) is 5.56 Å². The Morgan fingerprint density at radius 1 is 0.886 bits per heavy atom. The van der Waals surface area contributed by atoms with Crippen LogP contribution < -0.4 is 15.5 Å². The molecule has 0 unspecified atom stereocenters. The molecule has 7 heteroatoms. The highest BCUT2D eigenvalue weighted by atomic mass is 35.5. The van der Waals surface area contributed by atoms with Gasteiger partial charge in [0.25, 0.3) is 17.7 Å². The molecule has 178 valence electrons. The van der Waals surface area contributed by atoms with Crippen molar-refractivity contribution in [3.05, 3.63) is 100 Å². The predicted molar refractivity (Wildman–Crippen MR) is 140 cm³/mol. The summed E-state index contributed by atoms with van der Waals surface area (Å²) in [5, 5.41) is 5.64. The number of hydrogen-bond donors (Lipinski definition) is 2. The van der Waals surface area contributed by atoms with Crippen LogP contribution in [0.4, 0.5) is 17.1 Å². The van der Waals surface area contributed by atoms with Crippen molar-refractivity contribution in [2.45, 2.75) is 33.1 Å². The van der Waals surface area contributed by atoms with Gasteiger partial charge in [-0.15, -0.1) is 0 Å². The van der Waals surface area contributed by atoms with Crippen molar-refractivity contribution >= 4 is 46.4 Å². The molecule has 0 bridgehead atoms. The number of imide groups is 1. The quantitative estimate of drug-likeness (QED) is 0.380. The van der Waals surface area contributed by atoms with E-state index < -0.39 is 11.8 Å². The zero-order chi connectivity index (χ0) is 24.9. The first-order chi connectivity index (χ1) is 16.9. The minimum Gasteiger partial charge on any atom is -0.350 e. The van der Waals surface area contributed by atoms with Crippen LogP contribution in [-0.4, -0.2) is 17.7 Å². The first-order valence-corrected chi connectivity index (χ1v) is 11.9. The number of nitrogens with zero attached hydrogens (tertiary/aromatic N) is 1. The van der Waals surface area contributed by atoms with Crippen molar-refractivity contribution in [3.63, 3.8) is 0 Å². The molecule has 2 N–H and O–H groups in total. The van der Waals surface area contributed by atoms with E-state index in [4.69, 9.17) is 11.6 Å². The Hall–Kier alpha value is -3.90. The van der Waals surface area contributed by atoms with E-state index in [-0.39, 0.29) is 16.6 Å². The standard InChI is InChI=1S/C28H26ClN3O3/c1-3-4-8-19-10-14-22(15-11-19)31-26(33)20-12-16-21(17-13-20)30-25-24(29)27(34)32(28(25)35)23-9-6-5-7-18(23)2/h5-7,9-17,30H,3-4,8H2,1-2H3,(H,31,33). The molecule has 6 nitrogen and oxygen atoms in total. The van der Waals surface area contributed by atoms with Crippen LogP contribution >= 0.6 is 11.6 Å². The Morgan fingerprint density at radius 3 is 2.20 bits per heavy atom. The lowest BCUT2D eigenvalue weighted by molar-refractivity contribution is -0.120. The fourth-order valence-corrected chi connectivity index (χ4v) is 4.05. The molecule has 0 spiro atoms. The van der Waals surface area contributed by atoms with E-state index in [2.05, 4.69) is 17.6 Å². The van der Waals surface area contributed by atoms with Gasteiger partial charge in [-0.05, 0) is 73.4 Å². The van der Waals surface area contributed by atoms with Crippen molar-refractivity contribution in [3.8, 4) is 0 Å². The third-order valence-electron chi connectivity index (χ3n) is 5.83. The van der Waals surface area contributed by atoms with Crippen LogP contribution in [0.1, 0.15) is 41.3 Å². The summed E-state index contributed by atoms with van der Waals surface area (Å²) >= 11 is 6.22. The van der Waals surface area contributed by atoms with E-state index in [9.17, 15) is 14.4 Å². The maximum atomic E-state index is 13.0. The van der Waals surface area contributed by atoms with E-state index in [0.717, 1.165) is 35.4 Å². The number of amides is 3. The van der Waals surface area contributed by atoms with Crippen molar-refractivity contribution in [2.75, 3.05) is 15.5 Å². The van der Waals surface area contributed by atoms with Gasteiger partial charge in [0.1, 0.15) is 10.7 Å². The van der Waals surface area contributed by atoms with Gasteiger partial charge in [-0.1, -0.05) is 55.3 Å². The summed E-state index contributed by atoms with van der Waals surface area (Å²) in [6.45, 7) is 3.98. The number of benzene rings is 3. The summed E-state index contributed by atoms with van der Waals surface area (Å²) in [7, 11) is 0. The van der Waals surface area contributed by atoms with Crippen LogP contribution in [-0.2, 0) is 16.0 Å². The molecule has 0 aliphatic carbocycles. The molecule has 3 amide bonds. The van der Waals surface area contributed by atoms with Gasteiger partial charge in [-0.2, -0.15) is 0 Å². The highest BCUT2D eigenvalue weighted by molar-refractivity contribution is 6.53. The lowest BCUT2D eigenvalue weighted by Crippen LogP contribution is -2.32. The smallest absolute Gasteiger partial charge is 0.283 e. The first kappa shape index (κ1) is 24.2. The van der Waals surface area contributed by atoms with E-state index >= 15 is 0 Å². The van der Waals surface area contributed by atoms with Crippen molar-refractivity contribution in [1.82, 2.24) is 0 Å². The molecule has 1 aliphatic heterocycles. The van der Waals surface area contributed by atoms with Gasteiger partial charge in [-0.3, -0.25) is 14.4 Å². The molecule has 0 atom stereocenters. The highest BCUT2D eigenvalue weighted by Crippen LogP contribution is 2.31. The number of para-hydroxylation sites is 1. The van der Waals surface area contributed by atoms with Gasteiger partial charge < -0.3 is 10.6 Å². The van der Waals surface area contributed by atoms with Crippen molar-refractivity contribution in [1.29, 1.82) is 0 Å². The summed E-state index contributed by atoms with van der Waals surface area (Å²) in [5.74, 6) is -1.35. The Labute approximate surface area is 209 Å². The van der Waals surface area contributed by atoms with E-state index in [0.29, 0.717) is 16.9 Å². The Balaban J connectivity index is 1.42. The van der Waals surface area contributed by atoms with Crippen LogP contribution in [0, 0.1) is 6.92 Å². The molecule has 3 aromatic rings. The summed E-state index contributed by atoms with van der Waals surface area (Å²) in [5.41, 5.74) is 4.23. The Morgan fingerprint density at radius 2 is 1.54 bits per heavy atom. The maximum Gasteiger partial charge on any atom is 0.283 e. The van der Waals surface area contributed by atoms with E-state index in [1.54, 1.807) is 36.4 Å². The second-order valence-corrected chi connectivity index (χ2v) is 8.76. The van der Waals surface area contributed by atoms with Crippen LogP contribution in [0.25, 0.3) is 0 Å². The minimum absolute atomic E-state index is 0.000263. The number of rotatable bonds is 8. The molecular weight excluding hydrogens is 462 g/mol. The number of carbonyl (C=O) groups excluding carboxylic acids is 3. The molecule has 35 heavy (non-hydrogen) atoms. The Bertz CT molecular complexity index is 1300. The van der Waals surface area contributed by atoms with E-state index in [1.807, 2.05) is 43.3 Å². The monoisotopic (exact) mass is 487 g/mol. The normalized spacial score (nSPS) is 13.4.